The van der Waals surface area contributed by atoms with Gasteiger partial charge in [-0.3, -0.25) is 4.79 Å². The Morgan fingerprint density at radius 1 is 1.44 bits per heavy atom. The van der Waals surface area contributed by atoms with Gasteiger partial charge in [0, 0.05) is 0 Å². The Bertz CT molecular complexity index is 499. The van der Waals surface area contributed by atoms with Crippen LogP contribution >= 0.6 is 0 Å². The molecule has 1 unspecified atom stereocenters. The minimum absolute atomic E-state index is 0.278. The van der Waals surface area contributed by atoms with Gasteiger partial charge in [0.1, 0.15) is 0 Å². The fraction of sp³-hybridized carbons (Fsp3) is 0.429. The first-order valence-corrected chi connectivity index (χ1v) is 5.94. The second-order valence-electron chi connectivity index (χ2n) is 4.63. The minimum atomic E-state index is -1.71. The van der Waals surface area contributed by atoms with E-state index in [0.717, 1.165) is 5.56 Å². The van der Waals surface area contributed by atoms with Crippen LogP contribution in [0.2, 0.25) is 0 Å². The maximum Gasteiger partial charge on any atom is 0.224 e. The summed E-state index contributed by atoms with van der Waals surface area (Å²) in [6.07, 6.45) is 0.171. The summed E-state index contributed by atoms with van der Waals surface area (Å²) in [5.74, 6) is -2.33. The number of carbonyl (C=O) groups excluding carboxylic acids is 1. The number of ether oxygens (including phenoxy) is 1. The minimum Gasteiger partial charge on any atom is -0.360 e. The van der Waals surface area contributed by atoms with E-state index in [1.54, 1.807) is 24.3 Å². The molecule has 0 aliphatic carbocycles. The number of Topliss-reactive ketones (excluding diaryl/α,β-unsaturated/α-hetero) is 1. The summed E-state index contributed by atoms with van der Waals surface area (Å²) in [6, 6.07) is 8.93. The van der Waals surface area contributed by atoms with Gasteiger partial charge in [-0.15, -0.1) is 0 Å². The highest BCUT2D eigenvalue weighted by Gasteiger charge is 2.50. The van der Waals surface area contributed by atoms with Gasteiger partial charge in [0.25, 0.3) is 0 Å². The summed E-state index contributed by atoms with van der Waals surface area (Å²) in [6.45, 7) is 3.27. The Hall–Kier alpha value is -1.70. The van der Waals surface area contributed by atoms with E-state index < -0.39 is 11.9 Å². The van der Waals surface area contributed by atoms with Gasteiger partial charge in [0.2, 0.25) is 5.79 Å². The fourth-order valence-electron chi connectivity index (χ4n) is 2.32. The lowest BCUT2D eigenvalue weighted by Crippen LogP contribution is -2.33. The van der Waals surface area contributed by atoms with Crippen LogP contribution in [0.4, 0.5) is 0 Å². The van der Waals surface area contributed by atoms with Gasteiger partial charge < -0.3 is 9.84 Å². The lowest BCUT2D eigenvalue weighted by atomic mass is 9.90. The van der Waals surface area contributed by atoms with Crippen LogP contribution in [0.1, 0.15) is 37.5 Å². The maximum atomic E-state index is 11.9. The molecule has 4 nitrogen and oxygen atoms in total. The number of nitrogens with zero attached hydrogens (tertiary/aromatic N) is 1. The molecular weight excluding hydrogens is 230 g/mol. The van der Waals surface area contributed by atoms with Crippen LogP contribution in [0.5, 0.6) is 0 Å². The molecule has 0 amide bonds. The first-order valence-electron chi connectivity index (χ1n) is 5.94. The van der Waals surface area contributed by atoms with Crippen LogP contribution in [-0.4, -0.2) is 16.7 Å². The quantitative estimate of drug-likeness (QED) is 0.864. The average molecular weight is 245 g/mol. The highest BCUT2D eigenvalue weighted by molar-refractivity contribution is 5.89. The second-order valence-corrected chi connectivity index (χ2v) is 4.63. The van der Waals surface area contributed by atoms with Crippen molar-refractivity contribution in [3.05, 3.63) is 35.4 Å². The molecule has 4 heteroatoms. The zero-order valence-corrected chi connectivity index (χ0v) is 10.4. The Morgan fingerprint density at radius 2 is 2.06 bits per heavy atom. The molecule has 0 spiro atoms. The van der Waals surface area contributed by atoms with E-state index in [0.29, 0.717) is 12.0 Å². The number of carbonyl (C=O) groups is 1. The number of aliphatic hydroxyl groups is 1. The van der Waals surface area contributed by atoms with Gasteiger partial charge in [0.15, 0.2) is 5.78 Å². The molecule has 1 N–H and O–H groups in total. The Morgan fingerprint density at radius 3 is 2.56 bits per heavy atom. The van der Waals surface area contributed by atoms with Crippen LogP contribution in [0.25, 0.3) is 0 Å². The molecule has 1 heterocycles. The van der Waals surface area contributed by atoms with Gasteiger partial charge >= 0.3 is 0 Å². The number of hydrogen-bond donors (Lipinski definition) is 1. The van der Waals surface area contributed by atoms with E-state index in [2.05, 4.69) is 0 Å². The summed E-state index contributed by atoms with van der Waals surface area (Å²) >= 11 is 0. The van der Waals surface area contributed by atoms with E-state index in [-0.39, 0.29) is 11.7 Å². The van der Waals surface area contributed by atoms with Crippen molar-refractivity contribution in [3.8, 4) is 6.07 Å². The largest absolute Gasteiger partial charge is 0.360 e. The summed E-state index contributed by atoms with van der Waals surface area (Å²) in [4.78, 5) is 11.9. The molecule has 1 aromatic rings. The molecule has 1 fully saturated rings. The second kappa shape index (κ2) is 4.52. The van der Waals surface area contributed by atoms with E-state index in [1.165, 1.54) is 6.92 Å². The van der Waals surface area contributed by atoms with Crippen LogP contribution in [0, 0.1) is 17.2 Å². The Kier molecular flexibility index (Phi) is 3.20. The maximum absolute atomic E-state index is 11.9. The number of ketones is 1. The third-order valence-corrected chi connectivity index (χ3v) is 3.32. The van der Waals surface area contributed by atoms with Crippen LogP contribution < -0.4 is 0 Å². The van der Waals surface area contributed by atoms with Crippen molar-refractivity contribution >= 4 is 5.78 Å². The van der Waals surface area contributed by atoms with Crippen LogP contribution in [0.15, 0.2) is 24.3 Å². The average Bonchev–Trinajstić information content (AvgIpc) is 2.60. The molecule has 2 rings (SSSR count). The molecule has 0 bridgehead atoms. The normalized spacial score (nSPS) is 31.3. The van der Waals surface area contributed by atoms with Gasteiger partial charge in [-0.1, -0.05) is 19.1 Å². The topological polar surface area (TPSA) is 70.3 Å². The monoisotopic (exact) mass is 245 g/mol. The standard InChI is InChI=1S/C14H15NO3/c1-3-11-12(18-14(2,17)13(11)16)10-6-4-9(8-15)5-7-10/h4-7,11-12,17H,3H2,1-2H3/t11-,12-,14?/m0/s1. The van der Waals surface area contributed by atoms with E-state index >= 15 is 0 Å². The number of benzene rings is 1. The zero-order valence-electron chi connectivity index (χ0n) is 10.4. The third-order valence-electron chi connectivity index (χ3n) is 3.32. The molecule has 94 valence electrons. The number of rotatable bonds is 2. The smallest absolute Gasteiger partial charge is 0.224 e. The van der Waals surface area contributed by atoms with Crippen molar-refractivity contribution < 1.29 is 14.6 Å². The summed E-state index contributed by atoms with van der Waals surface area (Å²) in [5, 5.41) is 18.6. The van der Waals surface area contributed by atoms with Crippen molar-refractivity contribution in [1.29, 1.82) is 5.26 Å². The molecule has 0 aromatic heterocycles. The SMILES string of the molecule is CC[C@@H]1C(=O)C(C)(O)O[C@H]1c1ccc(C#N)cc1. The fourth-order valence-corrected chi connectivity index (χ4v) is 2.32. The van der Waals surface area contributed by atoms with E-state index in [1.807, 2.05) is 13.0 Å². The molecule has 0 radical (unpaired) electrons. The predicted molar refractivity (Wildman–Crippen MR) is 64.4 cm³/mol. The highest BCUT2D eigenvalue weighted by Crippen LogP contribution is 2.41. The van der Waals surface area contributed by atoms with Crippen molar-refractivity contribution in [1.82, 2.24) is 0 Å². The lowest BCUT2D eigenvalue weighted by Gasteiger charge is -2.17. The Balaban J connectivity index is 2.32. The molecule has 1 aromatic carbocycles. The predicted octanol–water partition coefficient (Wildman–Crippen LogP) is 1.93. The highest BCUT2D eigenvalue weighted by atomic mass is 16.6. The lowest BCUT2D eigenvalue weighted by molar-refractivity contribution is -0.186. The molecule has 3 atom stereocenters. The van der Waals surface area contributed by atoms with Gasteiger partial charge in [-0.25, -0.2) is 0 Å². The summed E-state index contributed by atoms with van der Waals surface area (Å²) in [5.41, 5.74) is 1.37. The summed E-state index contributed by atoms with van der Waals surface area (Å²) in [7, 11) is 0. The molecule has 0 saturated carbocycles. The molecule has 1 saturated heterocycles. The first kappa shape index (κ1) is 12.7. The van der Waals surface area contributed by atoms with Crippen molar-refractivity contribution in [2.24, 2.45) is 5.92 Å². The van der Waals surface area contributed by atoms with Crippen LogP contribution in [0.3, 0.4) is 0 Å². The zero-order chi connectivity index (χ0) is 13.3. The van der Waals surface area contributed by atoms with Crippen LogP contribution in [-0.2, 0) is 9.53 Å². The van der Waals surface area contributed by atoms with Crippen molar-refractivity contribution in [2.45, 2.75) is 32.2 Å². The van der Waals surface area contributed by atoms with E-state index in [9.17, 15) is 9.90 Å². The molecule has 18 heavy (non-hydrogen) atoms. The number of hydrogen-bond acceptors (Lipinski definition) is 4. The van der Waals surface area contributed by atoms with Gasteiger partial charge in [-0.2, -0.15) is 5.26 Å². The molecule has 1 aliphatic heterocycles. The van der Waals surface area contributed by atoms with Crippen molar-refractivity contribution in [2.75, 3.05) is 0 Å². The molecule has 1 aliphatic rings. The molecular formula is C14H15NO3. The van der Waals surface area contributed by atoms with Gasteiger partial charge in [-0.05, 0) is 31.0 Å². The van der Waals surface area contributed by atoms with Crippen molar-refractivity contribution in [3.63, 3.8) is 0 Å². The van der Waals surface area contributed by atoms with E-state index in [4.69, 9.17) is 10.00 Å². The third kappa shape index (κ3) is 2.03. The summed E-state index contributed by atoms with van der Waals surface area (Å²) < 4.78 is 5.45. The van der Waals surface area contributed by atoms with Gasteiger partial charge in [0.05, 0.1) is 23.7 Å². The number of nitriles is 1. The Labute approximate surface area is 106 Å². The first-order chi connectivity index (χ1) is 8.49.